The molecule has 0 aliphatic heterocycles. The first-order valence-electron chi connectivity index (χ1n) is 7.57. The molecular formula is C19H17N3O2. The van der Waals surface area contributed by atoms with Gasteiger partial charge in [0.1, 0.15) is 5.69 Å². The van der Waals surface area contributed by atoms with E-state index in [4.69, 9.17) is 5.11 Å². The number of benzene rings is 1. The molecule has 0 saturated heterocycles. The summed E-state index contributed by atoms with van der Waals surface area (Å²) in [5.74, 6) is -0.298. The van der Waals surface area contributed by atoms with Crippen LogP contribution in [0.4, 0.5) is 5.69 Å². The third kappa shape index (κ3) is 3.31. The lowest BCUT2D eigenvalue weighted by Gasteiger charge is -2.12. The maximum atomic E-state index is 12.4. The summed E-state index contributed by atoms with van der Waals surface area (Å²) >= 11 is 0. The van der Waals surface area contributed by atoms with E-state index in [1.54, 1.807) is 24.4 Å². The van der Waals surface area contributed by atoms with Gasteiger partial charge in [-0.1, -0.05) is 36.4 Å². The van der Waals surface area contributed by atoms with E-state index >= 15 is 0 Å². The van der Waals surface area contributed by atoms with Crippen molar-refractivity contribution in [3.63, 3.8) is 0 Å². The van der Waals surface area contributed by atoms with Gasteiger partial charge in [-0.15, -0.1) is 0 Å². The number of pyridine rings is 2. The van der Waals surface area contributed by atoms with E-state index < -0.39 is 0 Å². The first-order chi connectivity index (χ1) is 11.7. The fourth-order valence-electron chi connectivity index (χ4n) is 2.40. The molecule has 2 N–H and O–H groups in total. The van der Waals surface area contributed by atoms with Gasteiger partial charge in [0.2, 0.25) is 0 Å². The highest BCUT2D eigenvalue weighted by Gasteiger charge is 2.12. The topological polar surface area (TPSA) is 75.1 Å². The molecule has 0 spiro atoms. The fraction of sp³-hybridized carbons (Fsp3) is 0.105. The Morgan fingerprint density at radius 1 is 1.08 bits per heavy atom. The number of aliphatic hydroxyl groups is 1. The molecule has 0 unspecified atom stereocenters. The Labute approximate surface area is 140 Å². The van der Waals surface area contributed by atoms with Crippen LogP contribution in [0.3, 0.4) is 0 Å². The number of carbonyl (C=O) groups is 1. The number of amides is 1. The average Bonchev–Trinajstić information content (AvgIpc) is 2.64. The number of aliphatic hydroxyl groups excluding tert-OH is 1. The summed E-state index contributed by atoms with van der Waals surface area (Å²) in [6.45, 7) is 1.83. The predicted octanol–water partition coefficient (Wildman–Crippen LogP) is 3.20. The number of hydrogen-bond donors (Lipinski definition) is 2. The maximum absolute atomic E-state index is 12.4. The lowest BCUT2D eigenvalue weighted by atomic mass is 10.1. The number of rotatable bonds is 4. The number of anilines is 1. The zero-order valence-corrected chi connectivity index (χ0v) is 13.2. The van der Waals surface area contributed by atoms with Gasteiger partial charge in [-0.2, -0.15) is 0 Å². The van der Waals surface area contributed by atoms with Crippen LogP contribution in [0.25, 0.3) is 11.3 Å². The first-order valence-corrected chi connectivity index (χ1v) is 7.57. The molecule has 24 heavy (non-hydrogen) atoms. The molecule has 5 heteroatoms. The van der Waals surface area contributed by atoms with Gasteiger partial charge in [0.15, 0.2) is 0 Å². The zero-order valence-electron chi connectivity index (χ0n) is 13.2. The van der Waals surface area contributed by atoms with E-state index in [0.29, 0.717) is 16.9 Å². The van der Waals surface area contributed by atoms with Crippen LogP contribution in [0, 0.1) is 6.92 Å². The Morgan fingerprint density at radius 2 is 1.88 bits per heavy atom. The molecule has 2 heterocycles. The van der Waals surface area contributed by atoms with Gasteiger partial charge in [0.25, 0.3) is 5.91 Å². The van der Waals surface area contributed by atoms with Crippen LogP contribution in [0.2, 0.25) is 0 Å². The number of aromatic nitrogens is 2. The fourth-order valence-corrected chi connectivity index (χ4v) is 2.40. The van der Waals surface area contributed by atoms with Crippen molar-refractivity contribution >= 4 is 11.6 Å². The van der Waals surface area contributed by atoms with E-state index in [9.17, 15) is 4.79 Å². The summed E-state index contributed by atoms with van der Waals surface area (Å²) in [6, 6.07) is 14.9. The van der Waals surface area contributed by atoms with Gasteiger partial charge in [-0.25, -0.2) is 0 Å². The van der Waals surface area contributed by atoms with E-state index in [2.05, 4.69) is 15.3 Å². The molecule has 1 aromatic carbocycles. The summed E-state index contributed by atoms with van der Waals surface area (Å²) in [5, 5.41) is 11.9. The summed E-state index contributed by atoms with van der Waals surface area (Å²) < 4.78 is 0. The molecule has 0 bridgehead atoms. The summed E-state index contributed by atoms with van der Waals surface area (Å²) in [5.41, 5.74) is 4.38. The SMILES string of the molecule is Cc1c(NC(=O)c2ccc(CO)cn2)ccnc1-c1ccccc1. The van der Waals surface area contributed by atoms with Crippen molar-refractivity contribution in [2.45, 2.75) is 13.5 Å². The first kappa shape index (κ1) is 15.8. The van der Waals surface area contributed by atoms with Crippen molar-refractivity contribution in [1.82, 2.24) is 9.97 Å². The van der Waals surface area contributed by atoms with Crippen molar-refractivity contribution < 1.29 is 9.90 Å². The van der Waals surface area contributed by atoms with Crippen molar-refractivity contribution in [1.29, 1.82) is 0 Å². The standard InChI is InChI=1S/C19H17N3O2/c1-13-16(9-10-20-18(13)15-5-3-2-4-6-15)22-19(24)17-8-7-14(12-23)11-21-17/h2-11,23H,12H2,1H3,(H,20,22,24). The Hall–Kier alpha value is -3.05. The predicted molar refractivity (Wildman–Crippen MR) is 92.5 cm³/mol. The molecule has 0 radical (unpaired) electrons. The van der Waals surface area contributed by atoms with Gasteiger partial charge in [-0.05, 0) is 30.2 Å². The van der Waals surface area contributed by atoms with Crippen LogP contribution >= 0.6 is 0 Å². The highest BCUT2D eigenvalue weighted by atomic mass is 16.3. The third-order valence-electron chi connectivity index (χ3n) is 3.74. The van der Waals surface area contributed by atoms with Crippen LogP contribution < -0.4 is 5.32 Å². The van der Waals surface area contributed by atoms with Crippen molar-refractivity contribution in [2.24, 2.45) is 0 Å². The average molecular weight is 319 g/mol. The number of hydrogen-bond acceptors (Lipinski definition) is 4. The number of carbonyl (C=O) groups excluding carboxylic acids is 1. The summed E-state index contributed by atoms with van der Waals surface area (Å²) in [7, 11) is 0. The Kier molecular flexibility index (Phi) is 4.63. The molecule has 3 rings (SSSR count). The molecule has 5 nitrogen and oxygen atoms in total. The van der Waals surface area contributed by atoms with Crippen LogP contribution in [-0.2, 0) is 6.61 Å². The minimum absolute atomic E-state index is 0.0984. The van der Waals surface area contributed by atoms with E-state index in [1.165, 1.54) is 6.20 Å². The molecule has 1 amide bonds. The summed E-state index contributed by atoms with van der Waals surface area (Å²) in [6.07, 6.45) is 3.16. The molecule has 2 aromatic heterocycles. The van der Waals surface area contributed by atoms with Crippen LogP contribution in [0.5, 0.6) is 0 Å². The molecule has 120 valence electrons. The second-order valence-corrected chi connectivity index (χ2v) is 5.36. The maximum Gasteiger partial charge on any atom is 0.274 e. The van der Waals surface area contributed by atoms with Gasteiger partial charge in [-0.3, -0.25) is 14.8 Å². The smallest absolute Gasteiger partial charge is 0.274 e. The normalized spacial score (nSPS) is 10.4. The van der Waals surface area contributed by atoms with Crippen LogP contribution in [-0.4, -0.2) is 21.0 Å². The molecule has 0 saturated carbocycles. The van der Waals surface area contributed by atoms with Gasteiger partial charge in [0.05, 0.1) is 12.3 Å². The van der Waals surface area contributed by atoms with Crippen LogP contribution in [0.15, 0.2) is 60.9 Å². The van der Waals surface area contributed by atoms with Crippen LogP contribution in [0.1, 0.15) is 21.6 Å². The lowest BCUT2D eigenvalue weighted by Crippen LogP contribution is -2.15. The van der Waals surface area contributed by atoms with Crippen molar-refractivity contribution in [2.75, 3.05) is 5.32 Å². The van der Waals surface area contributed by atoms with Crippen molar-refractivity contribution in [3.05, 3.63) is 77.7 Å². The van der Waals surface area contributed by atoms with Gasteiger partial charge in [0, 0.05) is 23.6 Å². The molecule has 0 aliphatic carbocycles. The highest BCUT2D eigenvalue weighted by molar-refractivity contribution is 6.03. The number of nitrogens with one attached hydrogen (secondary N) is 1. The van der Waals surface area contributed by atoms with Crippen molar-refractivity contribution in [3.8, 4) is 11.3 Å². The molecular weight excluding hydrogens is 302 g/mol. The van der Waals surface area contributed by atoms with Gasteiger partial charge >= 0.3 is 0 Å². The van der Waals surface area contributed by atoms with E-state index in [1.807, 2.05) is 37.3 Å². The monoisotopic (exact) mass is 319 g/mol. The van der Waals surface area contributed by atoms with Gasteiger partial charge < -0.3 is 10.4 Å². The summed E-state index contributed by atoms with van der Waals surface area (Å²) in [4.78, 5) is 20.8. The second kappa shape index (κ2) is 7.02. The Morgan fingerprint density at radius 3 is 2.54 bits per heavy atom. The zero-order chi connectivity index (χ0) is 16.9. The highest BCUT2D eigenvalue weighted by Crippen LogP contribution is 2.26. The quantitative estimate of drug-likeness (QED) is 0.774. The lowest BCUT2D eigenvalue weighted by molar-refractivity contribution is 0.102. The molecule has 3 aromatic rings. The largest absolute Gasteiger partial charge is 0.392 e. The second-order valence-electron chi connectivity index (χ2n) is 5.36. The minimum atomic E-state index is -0.298. The Bertz CT molecular complexity index is 846. The number of nitrogens with zero attached hydrogens (tertiary/aromatic N) is 2. The molecule has 0 fully saturated rings. The minimum Gasteiger partial charge on any atom is -0.392 e. The molecule has 0 aliphatic rings. The molecule has 0 atom stereocenters. The van der Waals surface area contributed by atoms with E-state index in [-0.39, 0.29) is 12.5 Å². The Balaban J connectivity index is 1.86. The third-order valence-corrected chi connectivity index (χ3v) is 3.74. The van der Waals surface area contributed by atoms with E-state index in [0.717, 1.165) is 16.8 Å².